The number of halogens is 1. The Morgan fingerprint density at radius 2 is 1.91 bits per heavy atom. The maximum absolute atomic E-state index is 12.2. The summed E-state index contributed by atoms with van der Waals surface area (Å²) in [6, 6.07) is 13.9. The Balaban J connectivity index is 2.18. The number of carbonyl (C=O) groups is 2. The Morgan fingerprint density at radius 1 is 1.22 bits per heavy atom. The fourth-order valence-electron chi connectivity index (χ4n) is 2.08. The van der Waals surface area contributed by atoms with Crippen LogP contribution in [0, 0.1) is 0 Å². The average molecular weight is 330 g/mol. The number of hydrogen-bond donors (Lipinski definition) is 1. The number of alkyl halides is 1. The van der Waals surface area contributed by atoms with Gasteiger partial charge in [0.15, 0.2) is 0 Å². The lowest BCUT2D eigenvalue weighted by molar-refractivity contribution is -0.116. The molecule has 0 spiro atoms. The molecule has 0 bridgehead atoms. The second-order valence-corrected chi connectivity index (χ2v) is 5.20. The first-order valence-corrected chi connectivity index (χ1v) is 7.35. The van der Waals surface area contributed by atoms with Crippen molar-refractivity contribution in [2.24, 2.45) is 0 Å². The first-order valence-electron chi connectivity index (χ1n) is 6.91. The van der Waals surface area contributed by atoms with Gasteiger partial charge >= 0.3 is 5.97 Å². The van der Waals surface area contributed by atoms with Crippen LogP contribution in [0.1, 0.15) is 26.9 Å². The largest absolute Gasteiger partial charge is 0.465 e. The zero-order chi connectivity index (χ0) is 16.8. The van der Waals surface area contributed by atoms with Crippen molar-refractivity contribution in [1.29, 1.82) is 0 Å². The van der Waals surface area contributed by atoms with Crippen LogP contribution < -0.4 is 5.32 Å². The lowest BCUT2D eigenvalue weighted by Gasteiger charge is -2.12. The summed E-state index contributed by atoms with van der Waals surface area (Å²) in [5.41, 5.74) is 2.19. The fraction of sp³-hybridized carbons (Fsp3) is 0.111. The predicted octanol–water partition coefficient (Wildman–Crippen LogP) is 4.03. The predicted molar refractivity (Wildman–Crippen MR) is 91.5 cm³/mol. The van der Waals surface area contributed by atoms with Gasteiger partial charge in [0.05, 0.1) is 12.7 Å². The SMILES string of the molecule is C=Cc1cc(NC(=O)C(Cl)c2ccccc2)ccc1C(=O)OC. The molecule has 0 radical (unpaired) electrons. The van der Waals surface area contributed by atoms with Crippen LogP contribution in [0.25, 0.3) is 6.08 Å². The molecule has 0 fully saturated rings. The zero-order valence-corrected chi connectivity index (χ0v) is 13.3. The molecule has 2 aromatic rings. The summed E-state index contributed by atoms with van der Waals surface area (Å²) in [5.74, 6) is -0.809. The number of esters is 1. The van der Waals surface area contributed by atoms with E-state index in [4.69, 9.17) is 16.3 Å². The van der Waals surface area contributed by atoms with Crippen molar-refractivity contribution in [3.8, 4) is 0 Å². The van der Waals surface area contributed by atoms with Crippen molar-refractivity contribution in [3.05, 3.63) is 71.8 Å². The molecule has 0 aromatic heterocycles. The van der Waals surface area contributed by atoms with Crippen molar-refractivity contribution in [1.82, 2.24) is 0 Å². The van der Waals surface area contributed by atoms with Gasteiger partial charge in [-0.05, 0) is 29.3 Å². The molecule has 0 saturated carbocycles. The van der Waals surface area contributed by atoms with Crippen molar-refractivity contribution >= 4 is 35.2 Å². The lowest BCUT2D eigenvalue weighted by Crippen LogP contribution is -2.17. The molecule has 0 aliphatic rings. The van der Waals surface area contributed by atoms with Crippen LogP contribution in [0.2, 0.25) is 0 Å². The molecule has 0 heterocycles. The molecule has 0 aliphatic carbocycles. The summed E-state index contributed by atoms with van der Waals surface area (Å²) in [4.78, 5) is 23.9. The summed E-state index contributed by atoms with van der Waals surface area (Å²) in [5, 5.41) is 1.93. The third kappa shape index (κ3) is 3.99. The summed E-state index contributed by atoms with van der Waals surface area (Å²) in [7, 11) is 1.31. The van der Waals surface area contributed by atoms with Crippen molar-refractivity contribution in [3.63, 3.8) is 0 Å². The summed E-state index contributed by atoms with van der Waals surface area (Å²) in [6.45, 7) is 3.66. The molecule has 0 aliphatic heterocycles. The van der Waals surface area contributed by atoms with Crippen molar-refractivity contribution in [2.45, 2.75) is 5.38 Å². The number of amides is 1. The number of ether oxygens (including phenoxy) is 1. The van der Waals surface area contributed by atoms with Crippen LogP contribution in [-0.2, 0) is 9.53 Å². The molecule has 1 N–H and O–H groups in total. The van der Waals surface area contributed by atoms with Gasteiger partial charge in [0.25, 0.3) is 0 Å². The molecule has 23 heavy (non-hydrogen) atoms. The maximum atomic E-state index is 12.2. The van der Waals surface area contributed by atoms with Gasteiger partial charge in [-0.3, -0.25) is 4.79 Å². The Bertz CT molecular complexity index is 728. The molecule has 1 unspecified atom stereocenters. The smallest absolute Gasteiger partial charge is 0.338 e. The Morgan fingerprint density at radius 3 is 2.52 bits per heavy atom. The number of benzene rings is 2. The molecule has 2 rings (SSSR count). The van der Waals surface area contributed by atoms with E-state index in [1.54, 1.807) is 30.3 Å². The topological polar surface area (TPSA) is 55.4 Å². The first-order chi connectivity index (χ1) is 11.1. The van der Waals surface area contributed by atoms with Crippen LogP contribution in [0.5, 0.6) is 0 Å². The normalized spacial score (nSPS) is 11.4. The summed E-state index contributed by atoms with van der Waals surface area (Å²) in [6.07, 6.45) is 1.53. The number of nitrogens with one attached hydrogen (secondary N) is 1. The van der Waals surface area contributed by atoms with Gasteiger partial charge < -0.3 is 10.1 Å². The highest BCUT2D eigenvalue weighted by atomic mass is 35.5. The number of hydrogen-bond acceptors (Lipinski definition) is 3. The van der Waals surface area contributed by atoms with E-state index in [1.807, 2.05) is 18.2 Å². The minimum atomic E-state index is -0.802. The van der Waals surface area contributed by atoms with Gasteiger partial charge in [-0.15, -0.1) is 11.6 Å². The van der Waals surface area contributed by atoms with Gasteiger partial charge in [-0.25, -0.2) is 4.79 Å². The number of anilines is 1. The highest BCUT2D eigenvalue weighted by molar-refractivity contribution is 6.32. The standard InChI is InChI=1S/C18H16ClNO3/c1-3-12-11-14(9-10-15(12)18(22)23-2)20-17(21)16(19)13-7-5-4-6-8-13/h3-11,16H,1H2,2H3,(H,20,21). The molecule has 5 heteroatoms. The molecule has 118 valence electrons. The van der Waals surface area contributed by atoms with Crippen LogP contribution in [0.4, 0.5) is 5.69 Å². The van der Waals surface area contributed by atoms with Crippen molar-refractivity contribution < 1.29 is 14.3 Å². The van der Waals surface area contributed by atoms with Crippen LogP contribution in [0.3, 0.4) is 0 Å². The molecular weight excluding hydrogens is 314 g/mol. The van der Waals surface area contributed by atoms with E-state index in [0.29, 0.717) is 22.4 Å². The maximum Gasteiger partial charge on any atom is 0.338 e. The molecule has 0 saturated heterocycles. The van der Waals surface area contributed by atoms with E-state index in [1.165, 1.54) is 13.2 Å². The van der Waals surface area contributed by atoms with E-state index in [9.17, 15) is 9.59 Å². The lowest BCUT2D eigenvalue weighted by atomic mass is 10.1. The van der Waals surface area contributed by atoms with Crippen LogP contribution in [0.15, 0.2) is 55.1 Å². The molecule has 2 aromatic carbocycles. The highest BCUT2D eigenvalue weighted by Crippen LogP contribution is 2.24. The van der Waals surface area contributed by atoms with Gasteiger partial charge in [-0.2, -0.15) is 0 Å². The third-order valence-corrected chi connectivity index (χ3v) is 3.72. The summed E-state index contributed by atoms with van der Waals surface area (Å²) >= 11 is 6.18. The van der Waals surface area contributed by atoms with E-state index in [0.717, 1.165) is 0 Å². The van der Waals surface area contributed by atoms with Crippen molar-refractivity contribution in [2.75, 3.05) is 12.4 Å². The number of methoxy groups -OCH3 is 1. The minimum Gasteiger partial charge on any atom is -0.465 e. The number of rotatable bonds is 5. The third-order valence-electron chi connectivity index (χ3n) is 3.27. The second kappa shape index (κ2) is 7.61. The zero-order valence-electron chi connectivity index (χ0n) is 12.6. The van der Waals surface area contributed by atoms with Gasteiger partial charge in [0.2, 0.25) is 5.91 Å². The Labute approximate surface area is 139 Å². The van der Waals surface area contributed by atoms with Gasteiger partial charge in [0, 0.05) is 5.69 Å². The van der Waals surface area contributed by atoms with E-state index >= 15 is 0 Å². The van der Waals surface area contributed by atoms with Gasteiger partial charge in [0.1, 0.15) is 5.38 Å². The van der Waals surface area contributed by atoms with Gasteiger partial charge in [-0.1, -0.05) is 43.0 Å². The Kier molecular flexibility index (Phi) is 5.55. The number of carbonyl (C=O) groups excluding carboxylic acids is 2. The molecular formula is C18H16ClNO3. The van der Waals surface area contributed by atoms with Crippen LogP contribution >= 0.6 is 11.6 Å². The quantitative estimate of drug-likeness (QED) is 0.665. The molecule has 1 amide bonds. The second-order valence-electron chi connectivity index (χ2n) is 4.76. The van der Waals surface area contributed by atoms with E-state index in [-0.39, 0.29) is 5.91 Å². The monoisotopic (exact) mass is 329 g/mol. The fourth-order valence-corrected chi connectivity index (χ4v) is 2.28. The van der Waals surface area contributed by atoms with E-state index < -0.39 is 11.3 Å². The first kappa shape index (κ1) is 16.8. The Hall–Kier alpha value is -2.59. The summed E-state index contributed by atoms with van der Waals surface area (Å²) < 4.78 is 4.70. The van der Waals surface area contributed by atoms with E-state index in [2.05, 4.69) is 11.9 Å². The average Bonchev–Trinajstić information content (AvgIpc) is 2.60. The minimum absolute atomic E-state index is 0.348. The molecule has 1 atom stereocenters. The highest BCUT2D eigenvalue weighted by Gasteiger charge is 2.18. The molecule has 4 nitrogen and oxygen atoms in total. The van der Waals surface area contributed by atoms with Crippen LogP contribution in [-0.4, -0.2) is 19.0 Å².